The lowest BCUT2D eigenvalue weighted by atomic mass is 10.0. The van der Waals surface area contributed by atoms with Gasteiger partial charge in [-0.15, -0.1) is 0 Å². The van der Waals surface area contributed by atoms with Crippen LogP contribution in [0.2, 0.25) is 0 Å². The molecule has 1 heterocycles. The summed E-state index contributed by atoms with van der Waals surface area (Å²) in [7, 11) is 0. The lowest BCUT2D eigenvalue weighted by Crippen LogP contribution is -2.40. The minimum Gasteiger partial charge on any atom is -0.390 e. The zero-order chi connectivity index (χ0) is 22.7. The van der Waals surface area contributed by atoms with Gasteiger partial charge in [-0.05, 0) is 42.7 Å². The topological polar surface area (TPSA) is 41.9 Å². The highest BCUT2D eigenvalue weighted by molar-refractivity contribution is 6.01. The minimum atomic E-state index is -4.45. The fourth-order valence-corrected chi connectivity index (χ4v) is 4.34. The Morgan fingerprint density at radius 1 is 1.09 bits per heavy atom. The summed E-state index contributed by atoms with van der Waals surface area (Å²) in [5.41, 5.74) is 0.869. The van der Waals surface area contributed by atoms with Crippen molar-refractivity contribution in [2.75, 3.05) is 6.54 Å². The number of carbonyl (C=O) groups is 1. The molecule has 1 aliphatic carbocycles. The fourth-order valence-electron chi connectivity index (χ4n) is 4.34. The third-order valence-electron chi connectivity index (χ3n) is 5.96. The van der Waals surface area contributed by atoms with Gasteiger partial charge in [-0.25, -0.2) is 4.39 Å². The number of oxime groups is 1. The molecule has 1 aliphatic heterocycles. The summed E-state index contributed by atoms with van der Waals surface area (Å²) in [6.07, 6.45) is -0.979. The normalized spacial score (nSPS) is 19.0. The average Bonchev–Trinajstić information content (AvgIpc) is 3.45. The van der Waals surface area contributed by atoms with E-state index in [2.05, 4.69) is 5.16 Å². The number of carbonyl (C=O) groups excluding carboxylic acids is 1. The molecule has 2 aromatic rings. The van der Waals surface area contributed by atoms with E-state index in [9.17, 15) is 22.4 Å². The van der Waals surface area contributed by atoms with Crippen molar-refractivity contribution in [1.29, 1.82) is 0 Å². The zero-order valence-corrected chi connectivity index (χ0v) is 17.4. The number of alkyl halides is 3. The van der Waals surface area contributed by atoms with Crippen molar-refractivity contribution in [2.24, 2.45) is 11.1 Å². The van der Waals surface area contributed by atoms with Gasteiger partial charge in [0.25, 0.3) is 0 Å². The van der Waals surface area contributed by atoms with Gasteiger partial charge in [0, 0.05) is 24.4 Å². The van der Waals surface area contributed by atoms with Crippen molar-refractivity contribution in [1.82, 2.24) is 4.90 Å². The maximum absolute atomic E-state index is 13.5. The van der Waals surface area contributed by atoms with Gasteiger partial charge in [0.2, 0.25) is 5.91 Å². The van der Waals surface area contributed by atoms with Gasteiger partial charge in [0.05, 0.1) is 17.8 Å². The van der Waals surface area contributed by atoms with Crippen molar-refractivity contribution in [3.63, 3.8) is 0 Å². The predicted octanol–water partition coefficient (Wildman–Crippen LogP) is 5.56. The number of hydrogen-bond acceptors (Lipinski definition) is 3. The van der Waals surface area contributed by atoms with E-state index in [4.69, 9.17) is 4.84 Å². The maximum atomic E-state index is 13.5. The van der Waals surface area contributed by atoms with Gasteiger partial charge in [-0.1, -0.05) is 42.3 Å². The molecule has 0 bridgehead atoms. The molecule has 32 heavy (non-hydrogen) atoms. The second kappa shape index (κ2) is 9.30. The molecule has 4 rings (SSSR count). The van der Waals surface area contributed by atoms with Crippen molar-refractivity contribution in [2.45, 2.75) is 50.9 Å². The summed E-state index contributed by atoms with van der Waals surface area (Å²) in [5, 5.41) is 4.06. The second-order valence-electron chi connectivity index (χ2n) is 8.38. The van der Waals surface area contributed by atoms with Crippen LogP contribution in [0.15, 0.2) is 53.7 Å². The van der Waals surface area contributed by atoms with Gasteiger partial charge in [-0.3, -0.25) is 4.79 Å². The van der Waals surface area contributed by atoms with E-state index in [-0.39, 0.29) is 30.7 Å². The average molecular weight is 448 g/mol. The van der Waals surface area contributed by atoms with E-state index in [1.807, 2.05) is 0 Å². The molecule has 1 atom stereocenters. The number of nitrogens with zero attached hydrogens (tertiary/aromatic N) is 2. The smallest absolute Gasteiger partial charge is 0.390 e. The molecule has 170 valence electrons. The van der Waals surface area contributed by atoms with Crippen LogP contribution in [0.3, 0.4) is 0 Å². The van der Waals surface area contributed by atoms with Crippen LogP contribution in [0.25, 0.3) is 0 Å². The van der Waals surface area contributed by atoms with Gasteiger partial charge >= 0.3 is 6.18 Å². The fraction of sp³-hybridized carbons (Fsp3) is 0.417. The summed E-state index contributed by atoms with van der Waals surface area (Å²) >= 11 is 0. The molecule has 2 aliphatic rings. The Balaban J connectivity index is 1.49. The van der Waals surface area contributed by atoms with Gasteiger partial charge < -0.3 is 9.74 Å². The molecule has 0 unspecified atom stereocenters. The zero-order valence-electron chi connectivity index (χ0n) is 17.4. The third kappa shape index (κ3) is 5.29. The summed E-state index contributed by atoms with van der Waals surface area (Å²) in [5.74, 6) is -0.565. The summed E-state index contributed by atoms with van der Waals surface area (Å²) in [6, 6.07) is 11.1. The van der Waals surface area contributed by atoms with Crippen LogP contribution >= 0.6 is 0 Å². The van der Waals surface area contributed by atoms with Crippen LogP contribution in [0.1, 0.15) is 48.8 Å². The van der Waals surface area contributed by atoms with Crippen LogP contribution in [0.4, 0.5) is 17.6 Å². The maximum Gasteiger partial charge on any atom is 0.416 e. The van der Waals surface area contributed by atoms with Crippen LogP contribution in [-0.2, 0) is 22.4 Å². The highest BCUT2D eigenvalue weighted by atomic mass is 19.4. The molecule has 1 amide bonds. The Morgan fingerprint density at radius 2 is 1.84 bits per heavy atom. The van der Waals surface area contributed by atoms with E-state index < -0.39 is 17.8 Å². The van der Waals surface area contributed by atoms with Gasteiger partial charge in [0.15, 0.2) is 6.10 Å². The molecule has 1 fully saturated rings. The number of amides is 1. The lowest BCUT2D eigenvalue weighted by Gasteiger charge is -2.28. The molecular weight excluding hydrogens is 424 g/mol. The predicted molar refractivity (Wildman–Crippen MR) is 111 cm³/mol. The number of hydrogen-bond donors (Lipinski definition) is 0. The Bertz CT molecular complexity index is 999. The first-order chi connectivity index (χ1) is 15.3. The third-order valence-corrected chi connectivity index (χ3v) is 5.96. The first-order valence-corrected chi connectivity index (χ1v) is 10.7. The Kier molecular flexibility index (Phi) is 6.48. The van der Waals surface area contributed by atoms with E-state index in [0.29, 0.717) is 23.3 Å². The van der Waals surface area contributed by atoms with Crippen LogP contribution in [-0.4, -0.2) is 29.2 Å². The Hall–Kier alpha value is -2.90. The second-order valence-corrected chi connectivity index (χ2v) is 8.38. The molecule has 2 aromatic carbocycles. The van der Waals surface area contributed by atoms with Crippen LogP contribution < -0.4 is 0 Å². The minimum absolute atomic E-state index is 0.0639. The molecule has 0 saturated heterocycles. The summed E-state index contributed by atoms with van der Waals surface area (Å²) in [4.78, 5) is 20.3. The monoisotopic (exact) mass is 448 g/mol. The van der Waals surface area contributed by atoms with Crippen molar-refractivity contribution >= 4 is 11.6 Å². The van der Waals surface area contributed by atoms with Crippen molar-refractivity contribution < 1.29 is 27.2 Å². The van der Waals surface area contributed by atoms with Gasteiger partial charge in [-0.2, -0.15) is 13.2 Å². The SMILES string of the molecule is O=C(C1CCCC1)N(Cc1cccc(C(F)(F)F)c1)C[C@@H]1CC(c2cccc(F)c2)=NO1. The number of benzene rings is 2. The molecule has 8 heteroatoms. The molecule has 1 saturated carbocycles. The van der Waals surface area contributed by atoms with Crippen LogP contribution in [0.5, 0.6) is 0 Å². The van der Waals surface area contributed by atoms with Crippen LogP contribution in [0, 0.1) is 11.7 Å². The van der Waals surface area contributed by atoms with E-state index in [0.717, 1.165) is 37.8 Å². The first-order valence-electron chi connectivity index (χ1n) is 10.7. The molecule has 4 nitrogen and oxygen atoms in total. The quantitative estimate of drug-likeness (QED) is 0.544. The summed E-state index contributed by atoms with van der Waals surface area (Å²) < 4.78 is 52.9. The van der Waals surface area contributed by atoms with Gasteiger partial charge in [0.1, 0.15) is 5.82 Å². The summed E-state index contributed by atoms with van der Waals surface area (Å²) in [6.45, 7) is 0.266. The molecule has 0 spiro atoms. The highest BCUT2D eigenvalue weighted by Crippen LogP contribution is 2.31. The standard InChI is InChI=1S/C24H24F4N2O2/c25-20-10-4-8-18(12-20)22-13-21(32-29-22)15-30(23(31)17-6-1-2-7-17)14-16-5-3-9-19(11-16)24(26,27)28/h3-5,8-12,17,21H,1-2,6-7,13-15H2/t21-/m0/s1. The van der Waals surface area contributed by atoms with Crippen molar-refractivity contribution in [3.05, 3.63) is 71.0 Å². The largest absolute Gasteiger partial charge is 0.416 e. The van der Waals surface area contributed by atoms with E-state index in [1.165, 1.54) is 18.2 Å². The first kappa shape index (κ1) is 22.3. The number of rotatable bonds is 6. The van der Waals surface area contributed by atoms with E-state index >= 15 is 0 Å². The van der Waals surface area contributed by atoms with Crippen molar-refractivity contribution in [3.8, 4) is 0 Å². The molecule has 0 aromatic heterocycles. The Labute approximate surface area is 183 Å². The van der Waals surface area contributed by atoms with E-state index in [1.54, 1.807) is 23.1 Å². The highest BCUT2D eigenvalue weighted by Gasteiger charge is 2.33. The Morgan fingerprint density at radius 3 is 2.56 bits per heavy atom. The molecule has 0 N–H and O–H groups in total. The molecular formula is C24H24F4N2O2. The molecule has 0 radical (unpaired) electrons. The number of halogens is 4. The lowest BCUT2D eigenvalue weighted by molar-refractivity contribution is -0.137.